The van der Waals surface area contributed by atoms with Crippen molar-refractivity contribution >= 4 is 29.2 Å². The number of nitrogens with one attached hydrogen (secondary N) is 1. The zero-order valence-electron chi connectivity index (χ0n) is 13.0. The summed E-state index contributed by atoms with van der Waals surface area (Å²) in [5.41, 5.74) is 6.01. The Bertz CT molecular complexity index is 758. The molecule has 1 heterocycles. The summed E-state index contributed by atoms with van der Waals surface area (Å²) >= 11 is 5.98. The highest BCUT2D eigenvalue weighted by Crippen LogP contribution is 2.15. The maximum absolute atomic E-state index is 12.5. The lowest BCUT2D eigenvalue weighted by molar-refractivity contribution is -0.137. The molecule has 0 aliphatic carbocycles. The van der Waals surface area contributed by atoms with Gasteiger partial charge >= 0.3 is 0 Å². The summed E-state index contributed by atoms with van der Waals surface area (Å²) in [6, 6.07) is 7.92. The molecule has 2 aromatic rings. The number of aromatic nitrogens is 2. The second kappa shape index (κ2) is 7.74. The first-order chi connectivity index (χ1) is 11.4. The van der Waals surface area contributed by atoms with E-state index in [4.69, 9.17) is 17.3 Å². The van der Waals surface area contributed by atoms with E-state index < -0.39 is 23.6 Å². The van der Waals surface area contributed by atoms with Crippen molar-refractivity contribution in [2.24, 2.45) is 5.73 Å². The van der Waals surface area contributed by atoms with Gasteiger partial charge in [-0.1, -0.05) is 41.9 Å². The quantitative estimate of drug-likeness (QED) is 0.726. The molecule has 2 rings (SSSR count). The second-order valence-electron chi connectivity index (χ2n) is 5.10. The number of benzene rings is 1. The number of halogens is 1. The van der Waals surface area contributed by atoms with Crippen LogP contribution in [-0.4, -0.2) is 33.4 Å². The summed E-state index contributed by atoms with van der Waals surface area (Å²) in [5.74, 6) is -2.56. The molecule has 8 heteroatoms. The molecule has 3 N–H and O–H groups in total. The second-order valence-corrected chi connectivity index (χ2v) is 5.51. The molecule has 1 atom stereocenters. The predicted octanol–water partition coefficient (Wildman–Crippen LogP) is 0.952. The number of hydrogen-bond donors (Lipinski definition) is 2. The van der Waals surface area contributed by atoms with Crippen LogP contribution in [0.15, 0.2) is 36.5 Å². The van der Waals surface area contributed by atoms with Crippen molar-refractivity contribution in [1.82, 2.24) is 15.1 Å². The van der Waals surface area contributed by atoms with Gasteiger partial charge in [0.05, 0.1) is 11.2 Å². The van der Waals surface area contributed by atoms with Gasteiger partial charge in [-0.2, -0.15) is 5.10 Å². The molecule has 0 spiro atoms. The zero-order chi connectivity index (χ0) is 17.7. The summed E-state index contributed by atoms with van der Waals surface area (Å²) in [5, 5.41) is 6.67. The molecule has 0 bridgehead atoms. The fourth-order valence-electron chi connectivity index (χ4n) is 2.29. The van der Waals surface area contributed by atoms with Gasteiger partial charge in [0.1, 0.15) is 11.7 Å². The first kappa shape index (κ1) is 17.7. The normalized spacial score (nSPS) is 11.8. The molecule has 1 aromatic heterocycles. The zero-order valence-corrected chi connectivity index (χ0v) is 13.8. The average Bonchev–Trinajstić information content (AvgIpc) is 2.95. The first-order valence-corrected chi connectivity index (χ1v) is 7.71. The van der Waals surface area contributed by atoms with Crippen LogP contribution in [0.4, 0.5) is 0 Å². The van der Waals surface area contributed by atoms with Crippen LogP contribution in [0.1, 0.15) is 23.0 Å². The smallest absolute Gasteiger partial charge is 0.287 e. The van der Waals surface area contributed by atoms with E-state index in [1.165, 1.54) is 10.9 Å². The van der Waals surface area contributed by atoms with Gasteiger partial charge in [-0.15, -0.1) is 0 Å². The number of primary amides is 1. The summed E-state index contributed by atoms with van der Waals surface area (Å²) in [6.07, 6.45) is 1.49. The highest BCUT2D eigenvalue weighted by molar-refractivity contribution is 6.38. The molecule has 0 fully saturated rings. The first-order valence-electron chi connectivity index (χ1n) is 7.33. The Labute approximate surface area is 143 Å². The molecule has 7 nitrogen and oxygen atoms in total. The number of carbonyl (C=O) groups is 3. The summed E-state index contributed by atoms with van der Waals surface area (Å²) in [6.45, 7) is 2.23. The van der Waals surface area contributed by atoms with Crippen molar-refractivity contribution in [2.45, 2.75) is 25.9 Å². The number of hydrogen-bond acceptors (Lipinski definition) is 4. The number of aryl methyl sites for hydroxylation is 1. The van der Waals surface area contributed by atoms with E-state index in [-0.39, 0.29) is 17.1 Å². The summed E-state index contributed by atoms with van der Waals surface area (Å²) in [4.78, 5) is 35.8. The molecule has 1 aromatic carbocycles. The lowest BCUT2D eigenvalue weighted by Gasteiger charge is -2.17. The van der Waals surface area contributed by atoms with Crippen LogP contribution in [0.25, 0.3) is 0 Å². The van der Waals surface area contributed by atoms with Crippen LogP contribution >= 0.6 is 11.6 Å². The minimum atomic E-state index is -1.11. The molecule has 0 saturated heterocycles. The van der Waals surface area contributed by atoms with E-state index in [2.05, 4.69) is 10.4 Å². The number of amides is 2. The molecule has 1 unspecified atom stereocenters. The van der Waals surface area contributed by atoms with Crippen molar-refractivity contribution in [3.63, 3.8) is 0 Å². The van der Waals surface area contributed by atoms with E-state index in [1.54, 1.807) is 31.2 Å². The van der Waals surface area contributed by atoms with Gasteiger partial charge in [0, 0.05) is 13.0 Å². The van der Waals surface area contributed by atoms with Gasteiger partial charge in [0.2, 0.25) is 5.78 Å². The molecule has 0 radical (unpaired) electrons. The Morgan fingerprint density at radius 3 is 2.54 bits per heavy atom. The van der Waals surface area contributed by atoms with Gasteiger partial charge in [0.25, 0.3) is 11.8 Å². The molecular weight excluding hydrogens is 332 g/mol. The van der Waals surface area contributed by atoms with Crippen LogP contribution in [0.3, 0.4) is 0 Å². The SMILES string of the molecule is CCn1ncc(Cl)c1C(=O)NC(Cc1ccccc1)C(=O)C(N)=O. The Morgan fingerprint density at radius 2 is 1.96 bits per heavy atom. The maximum Gasteiger partial charge on any atom is 0.287 e. The maximum atomic E-state index is 12.5. The highest BCUT2D eigenvalue weighted by atomic mass is 35.5. The van der Waals surface area contributed by atoms with E-state index in [1.807, 2.05) is 6.07 Å². The van der Waals surface area contributed by atoms with Crippen LogP contribution in [0, 0.1) is 0 Å². The van der Waals surface area contributed by atoms with Gasteiger partial charge in [-0.3, -0.25) is 19.1 Å². The predicted molar refractivity (Wildman–Crippen MR) is 88.5 cm³/mol. The van der Waals surface area contributed by atoms with Crippen molar-refractivity contribution in [1.29, 1.82) is 0 Å². The number of ketones is 1. The molecule has 0 aliphatic heterocycles. The van der Waals surface area contributed by atoms with Crippen molar-refractivity contribution in [3.05, 3.63) is 52.8 Å². The molecule has 0 saturated carbocycles. The van der Waals surface area contributed by atoms with Crippen LogP contribution in [0.5, 0.6) is 0 Å². The van der Waals surface area contributed by atoms with Crippen molar-refractivity contribution in [3.8, 4) is 0 Å². The standard InChI is InChI=1S/C16H17ClN4O3/c1-2-21-13(11(17)9-19-21)16(24)20-12(14(22)15(18)23)8-10-6-4-3-5-7-10/h3-7,9,12H,2,8H2,1H3,(H2,18,23)(H,20,24). The molecule has 2 amide bonds. The third kappa shape index (κ3) is 3.99. The van der Waals surface area contributed by atoms with E-state index in [0.29, 0.717) is 6.54 Å². The fourth-order valence-corrected chi connectivity index (χ4v) is 2.51. The highest BCUT2D eigenvalue weighted by Gasteiger charge is 2.27. The Hall–Kier alpha value is -2.67. The van der Waals surface area contributed by atoms with E-state index in [9.17, 15) is 14.4 Å². The summed E-state index contributed by atoms with van der Waals surface area (Å²) in [7, 11) is 0. The van der Waals surface area contributed by atoms with Gasteiger partial charge in [-0.05, 0) is 12.5 Å². The molecule has 126 valence electrons. The van der Waals surface area contributed by atoms with E-state index >= 15 is 0 Å². The Kier molecular flexibility index (Phi) is 5.70. The molecule has 24 heavy (non-hydrogen) atoms. The molecular formula is C16H17ClN4O3. The molecule has 0 aliphatic rings. The number of nitrogens with zero attached hydrogens (tertiary/aromatic N) is 2. The minimum absolute atomic E-state index is 0.134. The fraction of sp³-hybridized carbons (Fsp3) is 0.250. The van der Waals surface area contributed by atoms with Crippen molar-refractivity contribution < 1.29 is 14.4 Å². The number of Topliss-reactive ketones (excluding diaryl/α,β-unsaturated/α-hetero) is 1. The number of carbonyl (C=O) groups excluding carboxylic acids is 3. The van der Waals surface area contributed by atoms with E-state index in [0.717, 1.165) is 5.56 Å². The summed E-state index contributed by atoms with van der Waals surface area (Å²) < 4.78 is 1.41. The number of rotatable bonds is 7. The van der Waals surface area contributed by atoms with Gasteiger partial charge < -0.3 is 11.1 Å². The Balaban J connectivity index is 2.24. The monoisotopic (exact) mass is 348 g/mol. The van der Waals surface area contributed by atoms with Gasteiger partial charge in [-0.25, -0.2) is 0 Å². The third-order valence-corrected chi connectivity index (χ3v) is 3.73. The topological polar surface area (TPSA) is 107 Å². The van der Waals surface area contributed by atoms with Crippen LogP contribution < -0.4 is 11.1 Å². The van der Waals surface area contributed by atoms with Crippen molar-refractivity contribution in [2.75, 3.05) is 0 Å². The van der Waals surface area contributed by atoms with Crippen LogP contribution in [-0.2, 0) is 22.6 Å². The minimum Gasteiger partial charge on any atom is -0.363 e. The van der Waals surface area contributed by atoms with Crippen LogP contribution in [0.2, 0.25) is 5.02 Å². The van der Waals surface area contributed by atoms with Gasteiger partial charge in [0.15, 0.2) is 0 Å². The number of nitrogens with two attached hydrogens (primary N) is 1. The average molecular weight is 349 g/mol. The largest absolute Gasteiger partial charge is 0.363 e. The lowest BCUT2D eigenvalue weighted by atomic mass is 10.0. The Morgan fingerprint density at radius 1 is 1.29 bits per heavy atom. The lowest BCUT2D eigenvalue weighted by Crippen LogP contribution is -2.47. The third-order valence-electron chi connectivity index (χ3n) is 3.46.